The first-order valence-corrected chi connectivity index (χ1v) is 5.94. The molecule has 0 amide bonds. The zero-order valence-corrected chi connectivity index (χ0v) is 10.5. The molecule has 1 aliphatic rings. The standard InChI is InChI=1S/C14H14BNO2/c1-16(2)12-7-5-6-11(10-12)15-17-13-8-3-4-9-14(13)18-15/h3-10H,1-2H3. The van der Waals surface area contributed by atoms with Gasteiger partial charge in [0.25, 0.3) is 0 Å². The molecule has 3 rings (SSSR count). The van der Waals surface area contributed by atoms with Crippen LogP contribution in [0.3, 0.4) is 0 Å². The maximum atomic E-state index is 5.79. The summed E-state index contributed by atoms with van der Waals surface area (Å²) in [5.41, 5.74) is 2.16. The normalized spacial score (nSPS) is 12.7. The van der Waals surface area contributed by atoms with Crippen molar-refractivity contribution in [2.24, 2.45) is 0 Å². The highest BCUT2D eigenvalue weighted by Crippen LogP contribution is 2.32. The molecule has 0 atom stereocenters. The molecule has 2 aromatic carbocycles. The molecular weight excluding hydrogens is 225 g/mol. The Labute approximate surface area is 107 Å². The molecular formula is C14H14BNO2. The van der Waals surface area contributed by atoms with Gasteiger partial charge in [-0.1, -0.05) is 24.3 Å². The highest BCUT2D eigenvalue weighted by Gasteiger charge is 2.33. The van der Waals surface area contributed by atoms with Crippen molar-refractivity contribution in [3.05, 3.63) is 48.5 Å². The number of rotatable bonds is 2. The fraction of sp³-hybridized carbons (Fsp3) is 0.143. The van der Waals surface area contributed by atoms with Crippen LogP contribution < -0.4 is 19.7 Å². The van der Waals surface area contributed by atoms with Crippen LogP contribution in [0.2, 0.25) is 0 Å². The van der Waals surface area contributed by atoms with E-state index in [4.69, 9.17) is 9.31 Å². The Bertz CT molecular complexity index is 546. The van der Waals surface area contributed by atoms with Crippen molar-refractivity contribution in [3.8, 4) is 11.5 Å². The van der Waals surface area contributed by atoms with Crippen LogP contribution in [-0.2, 0) is 0 Å². The van der Waals surface area contributed by atoms with Crippen LogP contribution in [0.5, 0.6) is 11.5 Å². The SMILES string of the molecule is CN(C)c1cccc(B2Oc3ccccc3O2)c1. The summed E-state index contributed by atoms with van der Waals surface area (Å²) in [7, 11) is 3.69. The molecule has 0 saturated carbocycles. The van der Waals surface area contributed by atoms with E-state index < -0.39 is 0 Å². The van der Waals surface area contributed by atoms with E-state index in [-0.39, 0.29) is 7.12 Å². The topological polar surface area (TPSA) is 21.7 Å². The van der Waals surface area contributed by atoms with Gasteiger partial charge in [0.1, 0.15) is 11.5 Å². The molecule has 0 radical (unpaired) electrons. The van der Waals surface area contributed by atoms with Crippen LogP contribution in [0.25, 0.3) is 0 Å². The molecule has 1 heterocycles. The van der Waals surface area contributed by atoms with Gasteiger partial charge < -0.3 is 14.2 Å². The van der Waals surface area contributed by atoms with Crippen LogP contribution in [-0.4, -0.2) is 21.2 Å². The first kappa shape index (κ1) is 11.0. The molecule has 0 aliphatic carbocycles. The van der Waals surface area contributed by atoms with Crippen molar-refractivity contribution < 1.29 is 9.31 Å². The highest BCUT2D eigenvalue weighted by molar-refractivity contribution is 6.63. The molecule has 4 heteroatoms. The summed E-state index contributed by atoms with van der Waals surface area (Å²) in [4.78, 5) is 2.06. The summed E-state index contributed by atoms with van der Waals surface area (Å²) in [6.07, 6.45) is 0. The van der Waals surface area contributed by atoms with E-state index in [1.54, 1.807) is 0 Å². The fourth-order valence-corrected chi connectivity index (χ4v) is 1.99. The monoisotopic (exact) mass is 239 g/mol. The van der Waals surface area contributed by atoms with E-state index in [0.717, 1.165) is 22.6 Å². The first-order chi connectivity index (χ1) is 8.74. The average molecular weight is 239 g/mol. The van der Waals surface area contributed by atoms with E-state index in [0.29, 0.717) is 0 Å². The number of nitrogens with zero attached hydrogens (tertiary/aromatic N) is 1. The second-order valence-corrected chi connectivity index (χ2v) is 4.50. The predicted octanol–water partition coefficient (Wildman–Crippen LogP) is 1.92. The van der Waals surface area contributed by atoms with E-state index in [2.05, 4.69) is 17.0 Å². The molecule has 0 bridgehead atoms. The molecule has 0 unspecified atom stereocenters. The number of benzene rings is 2. The number of hydrogen-bond acceptors (Lipinski definition) is 3. The third kappa shape index (κ3) is 1.90. The lowest BCUT2D eigenvalue weighted by atomic mass is 9.79. The summed E-state index contributed by atoms with van der Waals surface area (Å²) < 4.78 is 11.6. The Hall–Kier alpha value is -2.10. The minimum atomic E-state index is -0.345. The van der Waals surface area contributed by atoms with E-state index >= 15 is 0 Å². The number of para-hydroxylation sites is 2. The second-order valence-electron chi connectivity index (χ2n) is 4.50. The Morgan fingerprint density at radius 3 is 2.17 bits per heavy atom. The third-order valence-electron chi connectivity index (χ3n) is 2.98. The van der Waals surface area contributed by atoms with Crippen molar-refractivity contribution in [1.82, 2.24) is 0 Å². The fourth-order valence-electron chi connectivity index (χ4n) is 1.99. The van der Waals surface area contributed by atoms with Crippen molar-refractivity contribution in [2.45, 2.75) is 0 Å². The zero-order chi connectivity index (χ0) is 12.5. The van der Waals surface area contributed by atoms with Crippen LogP contribution in [0.4, 0.5) is 5.69 Å². The molecule has 0 N–H and O–H groups in total. The molecule has 2 aromatic rings. The number of anilines is 1. The van der Waals surface area contributed by atoms with E-state index in [1.807, 2.05) is 50.5 Å². The maximum absolute atomic E-state index is 5.79. The van der Waals surface area contributed by atoms with Crippen LogP contribution in [0.15, 0.2) is 48.5 Å². The molecule has 3 nitrogen and oxygen atoms in total. The van der Waals surface area contributed by atoms with Crippen LogP contribution in [0.1, 0.15) is 0 Å². The third-order valence-corrected chi connectivity index (χ3v) is 2.98. The smallest absolute Gasteiger partial charge is 0.519 e. The van der Waals surface area contributed by atoms with Crippen molar-refractivity contribution in [3.63, 3.8) is 0 Å². The zero-order valence-electron chi connectivity index (χ0n) is 10.5. The quantitative estimate of drug-likeness (QED) is 0.747. The molecule has 1 aliphatic heterocycles. The van der Waals surface area contributed by atoms with Gasteiger partial charge in [-0.15, -0.1) is 0 Å². The van der Waals surface area contributed by atoms with Crippen LogP contribution >= 0.6 is 0 Å². The molecule has 0 aromatic heterocycles. The Balaban J connectivity index is 1.88. The molecule has 0 spiro atoms. The van der Waals surface area contributed by atoms with Crippen molar-refractivity contribution in [2.75, 3.05) is 19.0 Å². The van der Waals surface area contributed by atoms with Gasteiger partial charge in [0, 0.05) is 25.2 Å². The van der Waals surface area contributed by atoms with Gasteiger partial charge in [0.15, 0.2) is 0 Å². The minimum absolute atomic E-state index is 0.345. The van der Waals surface area contributed by atoms with Crippen molar-refractivity contribution in [1.29, 1.82) is 0 Å². The number of hydrogen-bond donors (Lipinski definition) is 0. The summed E-state index contributed by atoms with van der Waals surface area (Å²) in [6, 6.07) is 15.9. The summed E-state index contributed by atoms with van der Waals surface area (Å²) in [5, 5.41) is 0. The first-order valence-electron chi connectivity index (χ1n) is 5.94. The summed E-state index contributed by atoms with van der Waals surface area (Å²) in [6.45, 7) is 0. The van der Waals surface area contributed by atoms with Crippen LogP contribution in [0, 0.1) is 0 Å². The van der Waals surface area contributed by atoms with Gasteiger partial charge >= 0.3 is 7.12 Å². The minimum Gasteiger partial charge on any atom is -0.519 e. The lowest BCUT2D eigenvalue weighted by molar-refractivity contribution is 0.519. The van der Waals surface area contributed by atoms with Gasteiger partial charge in [0.05, 0.1) is 0 Å². The summed E-state index contributed by atoms with van der Waals surface area (Å²) >= 11 is 0. The maximum Gasteiger partial charge on any atom is 0.632 e. The largest absolute Gasteiger partial charge is 0.632 e. The van der Waals surface area contributed by atoms with E-state index in [9.17, 15) is 0 Å². The molecule has 0 saturated heterocycles. The van der Waals surface area contributed by atoms with Gasteiger partial charge in [-0.3, -0.25) is 0 Å². The van der Waals surface area contributed by atoms with Crippen molar-refractivity contribution >= 4 is 18.3 Å². The van der Waals surface area contributed by atoms with Gasteiger partial charge in [-0.25, -0.2) is 0 Å². The Morgan fingerprint density at radius 2 is 1.56 bits per heavy atom. The molecule has 18 heavy (non-hydrogen) atoms. The molecule has 0 fully saturated rings. The number of fused-ring (bicyclic) bond motifs is 1. The van der Waals surface area contributed by atoms with E-state index in [1.165, 1.54) is 0 Å². The van der Waals surface area contributed by atoms with Gasteiger partial charge in [-0.05, 0) is 24.3 Å². The average Bonchev–Trinajstić information content (AvgIpc) is 2.82. The van der Waals surface area contributed by atoms with Gasteiger partial charge in [-0.2, -0.15) is 0 Å². The second kappa shape index (κ2) is 4.29. The lowest BCUT2D eigenvalue weighted by Crippen LogP contribution is -2.39. The molecule has 90 valence electrons. The Kier molecular flexibility index (Phi) is 2.63. The van der Waals surface area contributed by atoms with Gasteiger partial charge in [0.2, 0.25) is 0 Å². The highest BCUT2D eigenvalue weighted by atomic mass is 16.6. The predicted molar refractivity (Wildman–Crippen MR) is 73.9 cm³/mol. The Morgan fingerprint density at radius 1 is 0.889 bits per heavy atom. The lowest BCUT2D eigenvalue weighted by Gasteiger charge is -2.14. The summed E-state index contributed by atoms with van der Waals surface area (Å²) in [5.74, 6) is 1.61.